The molecule has 1 N–H and O–H groups in total. The summed E-state index contributed by atoms with van der Waals surface area (Å²) in [7, 11) is 0. The molecule has 2 aromatic carbocycles. The lowest BCUT2D eigenvalue weighted by Crippen LogP contribution is -2.40. The highest BCUT2D eigenvalue weighted by Gasteiger charge is 2.48. The second-order valence-electron chi connectivity index (χ2n) is 11.3. The van der Waals surface area contributed by atoms with Gasteiger partial charge in [0.1, 0.15) is 0 Å². The van der Waals surface area contributed by atoms with Crippen molar-refractivity contribution in [3.8, 4) is 0 Å². The second kappa shape index (κ2) is 7.48. The van der Waals surface area contributed by atoms with E-state index in [1.807, 2.05) is 0 Å². The highest BCUT2D eigenvalue weighted by Crippen LogP contribution is 2.45. The molecule has 3 rings (SSSR count). The van der Waals surface area contributed by atoms with Crippen LogP contribution in [0.4, 0.5) is 11.4 Å². The quantitative estimate of drug-likeness (QED) is 0.569. The van der Waals surface area contributed by atoms with E-state index in [4.69, 9.17) is 0 Å². The highest BCUT2D eigenvalue weighted by atomic mass is 15.3. The van der Waals surface area contributed by atoms with Crippen molar-refractivity contribution in [2.24, 2.45) is 5.92 Å². The van der Waals surface area contributed by atoms with Gasteiger partial charge in [0.15, 0.2) is 0 Å². The lowest BCUT2D eigenvalue weighted by Gasteiger charge is -2.33. The van der Waals surface area contributed by atoms with Crippen LogP contribution in [0.15, 0.2) is 60.8 Å². The normalized spacial score (nSPS) is 25.0. The zero-order valence-electron chi connectivity index (χ0n) is 20.4. The first kappa shape index (κ1) is 22.5. The maximum Gasteiger partial charge on any atom is 0.0786 e. The molecule has 1 aliphatic heterocycles. The number of hydrogen-bond acceptors (Lipinski definition) is 2. The van der Waals surface area contributed by atoms with Crippen molar-refractivity contribution < 1.29 is 0 Å². The fraction of sp³-hybridized carbons (Fsp3) is 0.500. The van der Waals surface area contributed by atoms with Crippen LogP contribution in [0.1, 0.15) is 73.4 Å². The van der Waals surface area contributed by atoms with Gasteiger partial charge in [0.2, 0.25) is 0 Å². The van der Waals surface area contributed by atoms with Gasteiger partial charge in [-0.3, -0.25) is 0 Å². The van der Waals surface area contributed by atoms with E-state index < -0.39 is 0 Å². The molecule has 1 saturated heterocycles. The van der Waals surface area contributed by atoms with Crippen molar-refractivity contribution in [3.63, 3.8) is 0 Å². The van der Waals surface area contributed by atoms with Gasteiger partial charge in [0, 0.05) is 29.0 Å². The Morgan fingerprint density at radius 2 is 1.23 bits per heavy atom. The summed E-state index contributed by atoms with van der Waals surface area (Å²) in [6.45, 7) is 25.0. The molecule has 2 heteroatoms. The third-order valence-corrected chi connectivity index (χ3v) is 7.10. The van der Waals surface area contributed by atoms with Gasteiger partial charge in [-0.2, -0.15) is 0 Å². The van der Waals surface area contributed by atoms with Crippen molar-refractivity contribution in [2.75, 3.05) is 10.2 Å². The van der Waals surface area contributed by atoms with Crippen molar-refractivity contribution in [2.45, 2.75) is 84.7 Å². The third kappa shape index (κ3) is 4.02. The van der Waals surface area contributed by atoms with Crippen molar-refractivity contribution in [1.82, 2.24) is 0 Å². The second-order valence-corrected chi connectivity index (χ2v) is 11.3. The van der Waals surface area contributed by atoms with Crippen LogP contribution in [-0.2, 0) is 10.8 Å². The summed E-state index contributed by atoms with van der Waals surface area (Å²) in [4.78, 5) is 2.41. The smallest absolute Gasteiger partial charge is 0.0786 e. The zero-order chi connectivity index (χ0) is 22.5. The number of hydrogen-bond donors (Lipinski definition) is 1. The van der Waals surface area contributed by atoms with Gasteiger partial charge in [-0.05, 0) is 60.1 Å². The van der Waals surface area contributed by atoms with E-state index in [0.717, 1.165) is 11.4 Å². The summed E-state index contributed by atoms with van der Waals surface area (Å²) < 4.78 is 0. The topological polar surface area (TPSA) is 15.3 Å². The Balaban J connectivity index is 1.87. The van der Waals surface area contributed by atoms with Gasteiger partial charge in [0.25, 0.3) is 0 Å². The average molecular weight is 405 g/mol. The van der Waals surface area contributed by atoms with Gasteiger partial charge in [0.05, 0.1) is 5.54 Å². The first-order chi connectivity index (χ1) is 13.7. The molecule has 2 nitrogen and oxygen atoms in total. The van der Waals surface area contributed by atoms with Gasteiger partial charge >= 0.3 is 0 Å². The molecule has 2 unspecified atom stereocenters. The number of benzene rings is 2. The molecule has 0 radical (unpaired) electrons. The summed E-state index contributed by atoms with van der Waals surface area (Å²) in [5.41, 5.74) is 6.33. The lowest BCUT2D eigenvalue weighted by molar-refractivity contribution is 0.417. The Morgan fingerprint density at radius 3 is 1.67 bits per heavy atom. The summed E-state index contributed by atoms with van der Waals surface area (Å²) in [5, 5.41) is 3.82. The highest BCUT2D eigenvalue weighted by molar-refractivity contribution is 5.62. The minimum Gasteiger partial charge on any atom is -0.374 e. The zero-order valence-corrected chi connectivity index (χ0v) is 20.4. The van der Waals surface area contributed by atoms with E-state index in [9.17, 15) is 0 Å². The number of nitrogens with zero attached hydrogens (tertiary/aromatic N) is 1. The molecular weight excluding hydrogens is 364 g/mol. The molecule has 0 saturated carbocycles. The maximum absolute atomic E-state index is 4.55. The van der Waals surface area contributed by atoms with Crippen molar-refractivity contribution >= 4 is 11.4 Å². The Kier molecular flexibility index (Phi) is 5.60. The van der Waals surface area contributed by atoms with E-state index in [-0.39, 0.29) is 16.4 Å². The Bertz CT molecular complexity index is 894. The van der Waals surface area contributed by atoms with Crippen LogP contribution < -0.4 is 10.2 Å². The predicted molar refractivity (Wildman–Crippen MR) is 133 cm³/mol. The maximum atomic E-state index is 4.55. The van der Waals surface area contributed by atoms with E-state index >= 15 is 0 Å². The summed E-state index contributed by atoms with van der Waals surface area (Å²) in [6.07, 6.45) is 0. The molecule has 0 bridgehead atoms. The van der Waals surface area contributed by atoms with Crippen molar-refractivity contribution in [1.29, 1.82) is 0 Å². The first-order valence-electron chi connectivity index (χ1n) is 11.2. The standard InChI is InChI=1S/C28H40N2/c1-19-20(2)30(25-17-13-23(14-18-25)27(7,8)9)21(3)28(19,10)29-24-15-11-22(12-16-24)26(4,5)6/h11-20,29H,3H2,1-2,4-10H3/t19-,20?,28?/m1/s1. The van der Waals surface area contributed by atoms with Crippen molar-refractivity contribution in [3.05, 3.63) is 71.9 Å². The molecule has 1 fully saturated rings. The van der Waals surface area contributed by atoms with Crippen LogP contribution in [0.3, 0.4) is 0 Å². The van der Waals surface area contributed by atoms with Gasteiger partial charge in [-0.1, -0.05) is 79.3 Å². The Morgan fingerprint density at radius 1 is 0.800 bits per heavy atom. The van der Waals surface area contributed by atoms with E-state index in [0.29, 0.717) is 12.0 Å². The fourth-order valence-electron chi connectivity index (χ4n) is 4.52. The molecule has 0 amide bonds. The largest absolute Gasteiger partial charge is 0.374 e. The van der Waals surface area contributed by atoms with Crippen LogP contribution >= 0.6 is 0 Å². The van der Waals surface area contributed by atoms with Gasteiger partial charge < -0.3 is 10.2 Å². The third-order valence-electron chi connectivity index (χ3n) is 7.10. The van der Waals surface area contributed by atoms with E-state index in [1.54, 1.807) is 0 Å². The monoisotopic (exact) mass is 404 g/mol. The summed E-state index contributed by atoms with van der Waals surface area (Å²) in [5.74, 6) is 0.412. The van der Waals surface area contributed by atoms with Gasteiger partial charge in [-0.15, -0.1) is 0 Å². The first-order valence-corrected chi connectivity index (χ1v) is 11.2. The van der Waals surface area contributed by atoms with E-state index in [1.165, 1.54) is 16.8 Å². The lowest BCUT2D eigenvalue weighted by atomic mass is 9.84. The molecule has 0 aromatic heterocycles. The molecule has 3 atom stereocenters. The molecule has 1 heterocycles. The molecule has 0 aliphatic carbocycles. The van der Waals surface area contributed by atoms with Crippen LogP contribution in [0, 0.1) is 5.92 Å². The van der Waals surface area contributed by atoms with Crippen LogP contribution in [0.5, 0.6) is 0 Å². The van der Waals surface area contributed by atoms with Crippen LogP contribution in [0.2, 0.25) is 0 Å². The molecular formula is C28H40N2. The molecule has 162 valence electrons. The average Bonchev–Trinajstić information content (AvgIpc) is 2.81. The molecule has 30 heavy (non-hydrogen) atoms. The molecule has 2 aromatic rings. The minimum absolute atomic E-state index is 0.161. The molecule has 0 spiro atoms. The fourth-order valence-corrected chi connectivity index (χ4v) is 4.52. The number of nitrogens with one attached hydrogen (secondary N) is 1. The SMILES string of the molecule is C=C1N(c2ccc(C(C)(C)C)cc2)C(C)[C@@H](C)C1(C)Nc1ccc(C(C)(C)C)cc1. The predicted octanol–water partition coefficient (Wildman–Crippen LogP) is 7.51. The Labute approximate surface area is 184 Å². The van der Waals surface area contributed by atoms with Crippen LogP contribution in [-0.4, -0.2) is 11.6 Å². The number of rotatable bonds is 3. The Hall–Kier alpha value is -2.22. The van der Waals surface area contributed by atoms with E-state index in [2.05, 4.69) is 128 Å². The summed E-state index contributed by atoms with van der Waals surface area (Å²) >= 11 is 0. The molecule has 1 aliphatic rings. The van der Waals surface area contributed by atoms with Crippen LogP contribution in [0.25, 0.3) is 0 Å². The number of anilines is 2. The van der Waals surface area contributed by atoms with Gasteiger partial charge in [-0.25, -0.2) is 0 Å². The summed E-state index contributed by atoms with van der Waals surface area (Å²) in [6, 6.07) is 18.3. The minimum atomic E-state index is -0.203.